The number of benzene rings is 2. The highest BCUT2D eigenvalue weighted by Crippen LogP contribution is 2.15. The standard InChI is InChI=1S/C25H31N3O5/c1-3-32-23(29)17-28-13-11-22(12-14-28)33-25(31)26-16-19-5-4-6-21(15-19)27-24(30)20-9-7-18(2)8-10-20/h4-10,15,22H,3,11-14,16-17H2,1-2H3,(H,26,31)(H,27,30). The van der Waals surface area contributed by atoms with E-state index in [9.17, 15) is 14.4 Å². The summed E-state index contributed by atoms with van der Waals surface area (Å²) >= 11 is 0. The number of alkyl carbamates (subject to hydrolysis) is 1. The van der Waals surface area contributed by atoms with Crippen molar-refractivity contribution in [2.45, 2.75) is 39.3 Å². The molecule has 1 fully saturated rings. The summed E-state index contributed by atoms with van der Waals surface area (Å²) in [5.74, 6) is -0.416. The second-order valence-electron chi connectivity index (χ2n) is 8.06. The van der Waals surface area contributed by atoms with Gasteiger partial charge in [-0.2, -0.15) is 0 Å². The highest BCUT2D eigenvalue weighted by atomic mass is 16.6. The molecule has 8 heteroatoms. The van der Waals surface area contributed by atoms with Gasteiger partial charge in [-0.15, -0.1) is 0 Å². The molecule has 2 aromatic carbocycles. The van der Waals surface area contributed by atoms with Crippen LogP contribution >= 0.6 is 0 Å². The van der Waals surface area contributed by atoms with Crippen molar-refractivity contribution in [3.05, 3.63) is 65.2 Å². The number of ether oxygens (including phenoxy) is 2. The number of nitrogens with zero attached hydrogens (tertiary/aromatic N) is 1. The molecule has 8 nitrogen and oxygen atoms in total. The van der Waals surface area contributed by atoms with E-state index in [0.717, 1.165) is 11.1 Å². The molecule has 176 valence electrons. The van der Waals surface area contributed by atoms with Gasteiger partial charge in [0.1, 0.15) is 6.10 Å². The summed E-state index contributed by atoms with van der Waals surface area (Å²) in [5, 5.41) is 5.64. The van der Waals surface area contributed by atoms with E-state index in [-0.39, 0.29) is 31.1 Å². The predicted octanol–water partition coefficient (Wildman–Crippen LogP) is 3.50. The number of piperidine rings is 1. The fourth-order valence-corrected chi connectivity index (χ4v) is 3.61. The van der Waals surface area contributed by atoms with Crippen molar-refractivity contribution in [3.8, 4) is 0 Å². The summed E-state index contributed by atoms with van der Waals surface area (Å²) in [6.07, 6.45) is 0.692. The van der Waals surface area contributed by atoms with Gasteiger partial charge in [0.05, 0.1) is 13.2 Å². The van der Waals surface area contributed by atoms with Crippen LogP contribution in [-0.2, 0) is 20.8 Å². The molecule has 0 aliphatic carbocycles. The van der Waals surface area contributed by atoms with Crippen LogP contribution in [0.25, 0.3) is 0 Å². The third-order valence-electron chi connectivity index (χ3n) is 5.40. The number of hydrogen-bond acceptors (Lipinski definition) is 6. The lowest BCUT2D eigenvalue weighted by atomic mass is 10.1. The molecule has 0 radical (unpaired) electrons. The van der Waals surface area contributed by atoms with Crippen molar-refractivity contribution in [3.63, 3.8) is 0 Å². The molecule has 0 atom stereocenters. The molecular formula is C25H31N3O5. The van der Waals surface area contributed by atoms with Gasteiger partial charge in [-0.05, 0) is 56.5 Å². The van der Waals surface area contributed by atoms with Crippen LogP contribution in [0.1, 0.15) is 41.3 Å². The van der Waals surface area contributed by atoms with Crippen LogP contribution in [-0.4, -0.2) is 55.2 Å². The summed E-state index contributed by atoms with van der Waals surface area (Å²) in [4.78, 5) is 38.2. The summed E-state index contributed by atoms with van der Waals surface area (Å²) in [6, 6.07) is 14.7. The number of amides is 2. The number of nitrogens with one attached hydrogen (secondary N) is 2. The van der Waals surface area contributed by atoms with Crippen LogP contribution in [0.3, 0.4) is 0 Å². The van der Waals surface area contributed by atoms with Crippen molar-refractivity contribution in [2.24, 2.45) is 0 Å². The van der Waals surface area contributed by atoms with E-state index in [1.807, 2.05) is 42.2 Å². The molecule has 0 spiro atoms. The second kappa shape index (κ2) is 12.0. The van der Waals surface area contributed by atoms with E-state index in [1.54, 1.807) is 25.1 Å². The maximum atomic E-state index is 12.4. The molecule has 0 saturated carbocycles. The van der Waals surface area contributed by atoms with Gasteiger partial charge in [-0.25, -0.2) is 4.79 Å². The highest BCUT2D eigenvalue weighted by Gasteiger charge is 2.23. The van der Waals surface area contributed by atoms with Gasteiger partial charge in [-0.1, -0.05) is 29.8 Å². The van der Waals surface area contributed by atoms with Crippen molar-refractivity contribution < 1.29 is 23.9 Å². The number of carbonyl (C=O) groups is 3. The van der Waals surface area contributed by atoms with Gasteiger partial charge >= 0.3 is 12.1 Å². The number of carbonyl (C=O) groups excluding carboxylic acids is 3. The van der Waals surface area contributed by atoms with Gasteiger partial charge in [0.15, 0.2) is 0 Å². The van der Waals surface area contributed by atoms with Crippen LogP contribution < -0.4 is 10.6 Å². The first-order valence-corrected chi connectivity index (χ1v) is 11.2. The maximum Gasteiger partial charge on any atom is 0.407 e. The maximum absolute atomic E-state index is 12.4. The highest BCUT2D eigenvalue weighted by molar-refractivity contribution is 6.04. The predicted molar refractivity (Wildman–Crippen MR) is 125 cm³/mol. The lowest BCUT2D eigenvalue weighted by Crippen LogP contribution is -2.41. The Bertz CT molecular complexity index is 953. The summed E-state index contributed by atoms with van der Waals surface area (Å²) < 4.78 is 10.5. The SMILES string of the molecule is CCOC(=O)CN1CCC(OC(=O)NCc2cccc(NC(=O)c3ccc(C)cc3)c2)CC1. The Labute approximate surface area is 194 Å². The Morgan fingerprint density at radius 3 is 2.48 bits per heavy atom. The topological polar surface area (TPSA) is 97.0 Å². The summed E-state index contributed by atoms with van der Waals surface area (Å²) in [5.41, 5.74) is 3.18. The zero-order valence-corrected chi connectivity index (χ0v) is 19.1. The number of aryl methyl sites for hydroxylation is 1. The summed E-state index contributed by atoms with van der Waals surface area (Å²) in [7, 11) is 0. The van der Waals surface area contributed by atoms with Crippen molar-refractivity contribution in [2.75, 3.05) is 31.6 Å². The third-order valence-corrected chi connectivity index (χ3v) is 5.40. The minimum absolute atomic E-state index is 0.177. The van der Waals surface area contributed by atoms with Crippen molar-refractivity contribution >= 4 is 23.7 Å². The van der Waals surface area contributed by atoms with E-state index in [2.05, 4.69) is 10.6 Å². The van der Waals surface area contributed by atoms with Gasteiger partial charge < -0.3 is 20.1 Å². The number of rotatable bonds is 8. The average molecular weight is 454 g/mol. The quantitative estimate of drug-likeness (QED) is 0.594. The first kappa shape index (κ1) is 24.3. The van der Waals surface area contributed by atoms with Crippen molar-refractivity contribution in [1.29, 1.82) is 0 Å². The number of likely N-dealkylation sites (tertiary alicyclic amines) is 1. The molecule has 1 heterocycles. The minimum Gasteiger partial charge on any atom is -0.465 e. The lowest BCUT2D eigenvalue weighted by molar-refractivity contribution is -0.145. The Hall–Kier alpha value is -3.39. The lowest BCUT2D eigenvalue weighted by Gasteiger charge is -2.30. The van der Waals surface area contributed by atoms with Crippen LogP contribution in [0, 0.1) is 6.92 Å². The molecule has 33 heavy (non-hydrogen) atoms. The molecule has 2 N–H and O–H groups in total. The number of anilines is 1. The first-order chi connectivity index (χ1) is 15.9. The Morgan fingerprint density at radius 1 is 1.06 bits per heavy atom. The van der Waals surface area contributed by atoms with E-state index >= 15 is 0 Å². The van der Waals surface area contributed by atoms with Crippen LogP contribution in [0.5, 0.6) is 0 Å². The van der Waals surface area contributed by atoms with Crippen LogP contribution in [0.4, 0.5) is 10.5 Å². The van der Waals surface area contributed by atoms with E-state index in [1.165, 1.54) is 0 Å². The van der Waals surface area contributed by atoms with Crippen molar-refractivity contribution in [1.82, 2.24) is 10.2 Å². The Kier molecular flexibility index (Phi) is 8.83. The molecule has 1 saturated heterocycles. The normalized spacial score (nSPS) is 14.4. The molecule has 0 unspecified atom stereocenters. The molecule has 2 aromatic rings. The van der Waals surface area contributed by atoms with E-state index in [0.29, 0.717) is 43.8 Å². The van der Waals surface area contributed by atoms with E-state index < -0.39 is 6.09 Å². The van der Waals surface area contributed by atoms with E-state index in [4.69, 9.17) is 9.47 Å². The monoisotopic (exact) mass is 453 g/mol. The van der Waals surface area contributed by atoms with Gasteiger partial charge in [0, 0.05) is 30.9 Å². The molecule has 3 rings (SSSR count). The molecular weight excluding hydrogens is 422 g/mol. The largest absolute Gasteiger partial charge is 0.465 e. The molecule has 0 bridgehead atoms. The minimum atomic E-state index is -0.479. The number of esters is 1. The van der Waals surface area contributed by atoms with Crippen LogP contribution in [0.15, 0.2) is 48.5 Å². The molecule has 2 amide bonds. The zero-order valence-electron chi connectivity index (χ0n) is 19.1. The Morgan fingerprint density at radius 2 is 1.79 bits per heavy atom. The second-order valence-corrected chi connectivity index (χ2v) is 8.06. The fourth-order valence-electron chi connectivity index (χ4n) is 3.61. The van der Waals surface area contributed by atoms with Crippen LogP contribution in [0.2, 0.25) is 0 Å². The molecule has 1 aliphatic heterocycles. The fraction of sp³-hybridized carbons (Fsp3) is 0.400. The smallest absolute Gasteiger partial charge is 0.407 e. The average Bonchev–Trinajstić information content (AvgIpc) is 2.80. The third kappa shape index (κ3) is 7.91. The van der Waals surface area contributed by atoms with Gasteiger partial charge in [0.25, 0.3) is 5.91 Å². The molecule has 0 aromatic heterocycles. The summed E-state index contributed by atoms with van der Waals surface area (Å²) in [6.45, 7) is 6.05. The zero-order chi connectivity index (χ0) is 23.6. The number of hydrogen-bond donors (Lipinski definition) is 2. The first-order valence-electron chi connectivity index (χ1n) is 11.2. The molecule has 1 aliphatic rings. The Balaban J connectivity index is 1.41. The van der Waals surface area contributed by atoms with Gasteiger partial charge in [-0.3, -0.25) is 14.5 Å². The van der Waals surface area contributed by atoms with Gasteiger partial charge in [0.2, 0.25) is 0 Å².